The summed E-state index contributed by atoms with van der Waals surface area (Å²) in [4.78, 5) is 10.5. The molecule has 1 heterocycles. The average molecular weight is 171 g/mol. The van der Waals surface area contributed by atoms with Gasteiger partial charge in [0.15, 0.2) is 0 Å². The lowest BCUT2D eigenvalue weighted by molar-refractivity contribution is -0.111. The molecule has 1 unspecified atom stereocenters. The second-order valence-electron chi connectivity index (χ2n) is 3.49. The summed E-state index contributed by atoms with van der Waals surface area (Å²) in [5, 5.41) is 12.4. The van der Waals surface area contributed by atoms with Crippen molar-refractivity contribution in [2.24, 2.45) is 11.8 Å². The van der Waals surface area contributed by atoms with Crippen LogP contribution in [0.15, 0.2) is 0 Å². The zero-order chi connectivity index (χ0) is 8.97. The third-order valence-electron chi connectivity index (χ3n) is 2.64. The maximum Gasteiger partial charge on any atom is 0.123 e. The Balaban J connectivity index is 2.33. The van der Waals surface area contributed by atoms with Gasteiger partial charge in [0, 0.05) is 11.8 Å². The fourth-order valence-electron chi connectivity index (χ4n) is 1.70. The standard InChI is InChI=1S/C9H17NO2/c1-2-7(6-11)5-8-3-4-10-9(8)12/h6-10,12H,2-5H2,1H3/t7-,8-,9?/m0/s1. The van der Waals surface area contributed by atoms with Crippen molar-refractivity contribution in [2.75, 3.05) is 6.54 Å². The van der Waals surface area contributed by atoms with Crippen molar-refractivity contribution in [3.8, 4) is 0 Å². The summed E-state index contributed by atoms with van der Waals surface area (Å²) in [5.41, 5.74) is 0. The molecule has 0 bridgehead atoms. The molecule has 0 aromatic rings. The second kappa shape index (κ2) is 4.58. The van der Waals surface area contributed by atoms with Gasteiger partial charge in [-0.25, -0.2) is 0 Å². The molecule has 0 aromatic heterocycles. The fraction of sp³-hybridized carbons (Fsp3) is 0.889. The number of nitrogens with one attached hydrogen (secondary N) is 1. The summed E-state index contributed by atoms with van der Waals surface area (Å²) in [6.07, 6.45) is 3.32. The molecule has 3 heteroatoms. The van der Waals surface area contributed by atoms with Gasteiger partial charge < -0.3 is 9.90 Å². The van der Waals surface area contributed by atoms with E-state index in [0.717, 1.165) is 32.1 Å². The second-order valence-corrected chi connectivity index (χ2v) is 3.49. The van der Waals surface area contributed by atoms with Crippen molar-refractivity contribution < 1.29 is 9.90 Å². The molecule has 1 rings (SSSR count). The third kappa shape index (κ3) is 2.29. The van der Waals surface area contributed by atoms with Gasteiger partial charge in [-0.15, -0.1) is 0 Å². The number of aldehydes is 1. The van der Waals surface area contributed by atoms with Crippen LogP contribution in [0.4, 0.5) is 0 Å². The summed E-state index contributed by atoms with van der Waals surface area (Å²) < 4.78 is 0. The van der Waals surface area contributed by atoms with Crippen LogP contribution in [0.2, 0.25) is 0 Å². The summed E-state index contributed by atoms with van der Waals surface area (Å²) in [7, 11) is 0. The highest BCUT2D eigenvalue weighted by Gasteiger charge is 2.26. The first kappa shape index (κ1) is 9.68. The molecule has 0 aromatic carbocycles. The van der Waals surface area contributed by atoms with E-state index in [0.29, 0.717) is 0 Å². The van der Waals surface area contributed by atoms with Crippen LogP contribution in [0, 0.1) is 11.8 Å². The van der Waals surface area contributed by atoms with Gasteiger partial charge in [-0.1, -0.05) is 6.92 Å². The lowest BCUT2D eigenvalue weighted by Crippen LogP contribution is -2.27. The summed E-state index contributed by atoms with van der Waals surface area (Å²) >= 11 is 0. The zero-order valence-corrected chi connectivity index (χ0v) is 7.49. The predicted octanol–water partition coefficient (Wildman–Crippen LogP) is 0.529. The molecule has 0 aliphatic carbocycles. The van der Waals surface area contributed by atoms with E-state index >= 15 is 0 Å². The fourth-order valence-corrected chi connectivity index (χ4v) is 1.70. The first-order chi connectivity index (χ1) is 5.77. The summed E-state index contributed by atoms with van der Waals surface area (Å²) in [5.74, 6) is 0.407. The van der Waals surface area contributed by atoms with Gasteiger partial charge in [0.05, 0.1) is 0 Å². The molecule has 0 amide bonds. The Hall–Kier alpha value is -0.410. The molecule has 3 nitrogen and oxygen atoms in total. The smallest absolute Gasteiger partial charge is 0.123 e. The van der Waals surface area contributed by atoms with Crippen LogP contribution in [0.25, 0.3) is 0 Å². The molecule has 70 valence electrons. The number of rotatable bonds is 4. The Morgan fingerprint density at radius 3 is 2.92 bits per heavy atom. The van der Waals surface area contributed by atoms with Crippen molar-refractivity contribution in [3.63, 3.8) is 0 Å². The molecule has 1 aliphatic heterocycles. The van der Waals surface area contributed by atoms with Crippen molar-refractivity contribution in [2.45, 2.75) is 32.4 Å². The van der Waals surface area contributed by atoms with Crippen LogP contribution < -0.4 is 5.32 Å². The number of carbonyl (C=O) groups is 1. The SMILES string of the molecule is CC[C@H](C=O)C[C@@H]1CCNC1O. The molecular weight excluding hydrogens is 154 g/mol. The quantitative estimate of drug-likeness (QED) is 0.607. The summed E-state index contributed by atoms with van der Waals surface area (Å²) in [6.45, 7) is 2.88. The topological polar surface area (TPSA) is 49.3 Å². The molecule has 3 atom stereocenters. The van der Waals surface area contributed by atoms with Gasteiger partial charge in [0.2, 0.25) is 0 Å². The van der Waals surface area contributed by atoms with Gasteiger partial charge in [0.25, 0.3) is 0 Å². The minimum atomic E-state index is -0.390. The molecule has 0 spiro atoms. The molecule has 2 N–H and O–H groups in total. The van der Waals surface area contributed by atoms with E-state index in [9.17, 15) is 9.90 Å². The van der Waals surface area contributed by atoms with Gasteiger partial charge in [-0.3, -0.25) is 5.32 Å². The van der Waals surface area contributed by atoms with E-state index in [1.165, 1.54) is 0 Å². The first-order valence-corrected chi connectivity index (χ1v) is 4.64. The van der Waals surface area contributed by atoms with Crippen LogP contribution >= 0.6 is 0 Å². The monoisotopic (exact) mass is 171 g/mol. The van der Waals surface area contributed by atoms with Crippen molar-refractivity contribution in [1.29, 1.82) is 0 Å². The molecule has 1 fully saturated rings. The van der Waals surface area contributed by atoms with Crippen LogP contribution in [0.3, 0.4) is 0 Å². The molecular formula is C9H17NO2. The number of aliphatic hydroxyl groups excluding tert-OH is 1. The molecule has 0 saturated carbocycles. The Morgan fingerprint density at radius 2 is 2.50 bits per heavy atom. The van der Waals surface area contributed by atoms with Gasteiger partial charge in [-0.05, 0) is 25.8 Å². The van der Waals surface area contributed by atoms with Gasteiger partial charge in [-0.2, -0.15) is 0 Å². The van der Waals surface area contributed by atoms with Gasteiger partial charge >= 0.3 is 0 Å². The van der Waals surface area contributed by atoms with E-state index in [-0.39, 0.29) is 18.1 Å². The van der Waals surface area contributed by atoms with Crippen LogP contribution in [-0.4, -0.2) is 24.2 Å². The molecule has 0 radical (unpaired) electrons. The van der Waals surface area contributed by atoms with Gasteiger partial charge in [0.1, 0.15) is 12.5 Å². The van der Waals surface area contributed by atoms with Crippen LogP contribution in [0.1, 0.15) is 26.2 Å². The van der Waals surface area contributed by atoms with Crippen LogP contribution in [-0.2, 0) is 4.79 Å². The van der Waals surface area contributed by atoms with E-state index < -0.39 is 0 Å². The Bertz CT molecular complexity index is 149. The van der Waals surface area contributed by atoms with E-state index in [2.05, 4.69) is 5.32 Å². The third-order valence-corrected chi connectivity index (χ3v) is 2.64. The predicted molar refractivity (Wildman–Crippen MR) is 46.6 cm³/mol. The normalized spacial score (nSPS) is 31.8. The number of carbonyl (C=O) groups excluding carboxylic acids is 1. The number of hydrogen-bond donors (Lipinski definition) is 2. The minimum Gasteiger partial charge on any atom is -0.378 e. The Morgan fingerprint density at radius 1 is 1.75 bits per heavy atom. The maximum atomic E-state index is 10.5. The highest BCUT2D eigenvalue weighted by Crippen LogP contribution is 2.22. The van der Waals surface area contributed by atoms with Crippen molar-refractivity contribution in [3.05, 3.63) is 0 Å². The minimum absolute atomic E-state index is 0.129. The Labute approximate surface area is 73.2 Å². The largest absolute Gasteiger partial charge is 0.378 e. The molecule has 1 aliphatic rings. The lowest BCUT2D eigenvalue weighted by Gasteiger charge is -2.16. The van der Waals surface area contributed by atoms with Crippen molar-refractivity contribution in [1.82, 2.24) is 5.32 Å². The first-order valence-electron chi connectivity index (χ1n) is 4.64. The highest BCUT2D eigenvalue weighted by molar-refractivity contribution is 5.53. The Kier molecular flexibility index (Phi) is 3.69. The molecule has 1 saturated heterocycles. The zero-order valence-electron chi connectivity index (χ0n) is 7.49. The van der Waals surface area contributed by atoms with E-state index in [1.807, 2.05) is 6.92 Å². The van der Waals surface area contributed by atoms with Crippen LogP contribution in [0.5, 0.6) is 0 Å². The number of aliphatic hydroxyl groups is 1. The number of hydrogen-bond acceptors (Lipinski definition) is 3. The highest BCUT2D eigenvalue weighted by atomic mass is 16.3. The lowest BCUT2D eigenvalue weighted by atomic mass is 9.92. The van der Waals surface area contributed by atoms with E-state index in [1.54, 1.807) is 0 Å². The maximum absolute atomic E-state index is 10.5. The summed E-state index contributed by atoms with van der Waals surface area (Å²) in [6, 6.07) is 0. The van der Waals surface area contributed by atoms with E-state index in [4.69, 9.17) is 0 Å². The molecule has 12 heavy (non-hydrogen) atoms. The average Bonchev–Trinajstić information content (AvgIpc) is 2.47. The van der Waals surface area contributed by atoms with Crippen molar-refractivity contribution >= 4 is 6.29 Å².